The molecule has 3 aliphatic rings. The van der Waals surface area contributed by atoms with Gasteiger partial charge in [0.25, 0.3) is 5.91 Å². The Hall–Kier alpha value is -1.68. The standard InChI is InChI=1S/C20H24N2OS/c1-20(2)15-9-8-14(16(20)10-15)11-21-18(23)19-22-17(12-24-19)13-6-4-3-5-7-13/h3-7,12,14-16H,8-11H2,1-2H3,(H,21,23)/t14?,15?,16-/m0/s1. The average molecular weight is 340 g/mol. The molecule has 0 radical (unpaired) electrons. The third-order valence-electron chi connectivity index (χ3n) is 6.29. The molecular weight excluding hydrogens is 316 g/mol. The lowest BCUT2D eigenvalue weighted by Crippen LogP contribution is -2.54. The number of aromatic nitrogens is 1. The van der Waals surface area contributed by atoms with Crippen molar-refractivity contribution in [3.8, 4) is 11.3 Å². The lowest BCUT2D eigenvalue weighted by atomic mass is 9.45. The predicted octanol–water partition coefficient (Wildman–Crippen LogP) is 4.61. The zero-order chi connectivity index (χ0) is 16.7. The van der Waals surface area contributed by atoms with E-state index in [9.17, 15) is 4.79 Å². The molecule has 1 N–H and O–H groups in total. The first-order chi connectivity index (χ1) is 11.6. The van der Waals surface area contributed by atoms with Crippen LogP contribution >= 0.6 is 11.3 Å². The summed E-state index contributed by atoms with van der Waals surface area (Å²) in [5.74, 6) is 2.28. The van der Waals surface area contributed by atoms with Gasteiger partial charge in [0.1, 0.15) is 0 Å². The van der Waals surface area contributed by atoms with E-state index in [0.29, 0.717) is 16.3 Å². The quantitative estimate of drug-likeness (QED) is 0.883. The topological polar surface area (TPSA) is 42.0 Å². The molecule has 4 heteroatoms. The van der Waals surface area contributed by atoms with Crippen molar-refractivity contribution >= 4 is 17.2 Å². The van der Waals surface area contributed by atoms with Gasteiger partial charge >= 0.3 is 0 Å². The Labute approximate surface area is 147 Å². The fraction of sp³-hybridized carbons (Fsp3) is 0.500. The van der Waals surface area contributed by atoms with Crippen molar-refractivity contribution in [3.05, 3.63) is 40.7 Å². The lowest BCUT2D eigenvalue weighted by Gasteiger charge is -2.60. The molecule has 2 bridgehead atoms. The molecule has 3 atom stereocenters. The van der Waals surface area contributed by atoms with Gasteiger partial charge in [-0.15, -0.1) is 11.3 Å². The van der Waals surface area contributed by atoms with Crippen LogP contribution in [-0.2, 0) is 0 Å². The van der Waals surface area contributed by atoms with Crippen molar-refractivity contribution in [3.63, 3.8) is 0 Å². The Morgan fingerprint density at radius 3 is 2.79 bits per heavy atom. The summed E-state index contributed by atoms with van der Waals surface area (Å²) < 4.78 is 0. The highest BCUT2D eigenvalue weighted by Gasteiger charge is 2.53. The lowest BCUT2D eigenvalue weighted by molar-refractivity contribution is -0.103. The number of nitrogens with one attached hydrogen (secondary N) is 1. The van der Waals surface area contributed by atoms with Crippen LogP contribution in [0, 0.1) is 23.2 Å². The van der Waals surface area contributed by atoms with E-state index < -0.39 is 0 Å². The number of benzene rings is 1. The molecule has 2 aromatic rings. The van der Waals surface area contributed by atoms with Gasteiger partial charge in [0.05, 0.1) is 5.69 Å². The number of hydrogen-bond acceptors (Lipinski definition) is 3. The van der Waals surface area contributed by atoms with E-state index in [2.05, 4.69) is 24.1 Å². The van der Waals surface area contributed by atoms with Crippen molar-refractivity contribution < 1.29 is 4.79 Å². The number of amides is 1. The minimum absolute atomic E-state index is 0.0264. The fourth-order valence-electron chi connectivity index (χ4n) is 4.63. The minimum Gasteiger partial charge on any atom is -0.350 e. The Kier molecular flexibility index (Phi) is 3.95. The summed E-state index contributed by atoms with van der Waals surface area (Å²) in [7, 11) is 0. The monoisotopic (exact) mass is 340 g/mol. The first-order valence-corrected chi connectivity index (χ1v) is 9.73. The van der Waals surface area contributed by atoms with Crippen molar-refractivity contribution in [2.45, 2.75) is 33.1 Å². The van der Waals surface area contributed by atoms with Crippen LogP contribution in [0.2, 0.25) is 0 Å². The average Bonchev–Trinajstić information content (AvgIpc) is 3.10. The molecule has 0 aliphatic heterocycles. The fourth-order valence-corrected chi connectivity index (χ4v) is 5.37. The third kappa shape index (κ3) is 2.67. The van der Waals surface area contributed by atoms with Gasteiger partial charge in [-0.25, -0.2) is 4.98 Å². The number of thiazole rings is 1. The number of nitrogens with zero attached hydrogens (tertiary/aromatic N) is 1. The molecule has 3 fully saturated rings. The molecule has 1 amide bonds. The van der Waals surface area contributed by atoms with Crippen LogP contribution in [0.4, 0.5) is 0 Å². The second kappa shape index (κ2) is 5.99. The van der Waals surface area contributed by atoms with Crippen molar-refractivity contribution in [1.82, 2.24) is 10.3 Å². The Morgan fingerprint density at radius 1 is 1.29 bits per heavy atom. The van der Waals surface area contributed by atoms with E-state index in [1.165, 1.54) is 30.6 Å². The van der Waals surface area contributed by atoms with Crippen LogP contribution in [-0.4, -0.2) is 17.4 Å². The van der Waals surface area contributed by atoms with Crippen LogP contribution in [0.1, 0.15) is 42.9 Å². The van der Waals surface area contributed by atoms with Crippen LogP contribution < -0.4 is 5.32 Å². The second-order valence-corrected chi connectivity index (χ2v) is 8.67. The summed E-state index contributed by atoms with van der Waals surface area (Å²) in [6.45, 7) is 5.58. The highest BCUT2D eigenvalue weighted by Crippen LogP contribution is 2.61. The highest BCUT2D eigenvalue weighted by atomic mass is 32.1. The number of carbonyl (C=O) groups excluding carboxylic acids is 1. The number of carbonyl (C=O) groups is 1. The van der Waals surface area contributed by atoms with Crippen molar-refractivity contribution in [2.24, 2.45) is 23.2 Å². The van der Waals surface area contributed by atoms with E-state index in [-0.39, 0.29) is 5.91 Å². The molecule has 0 spiro atoms. The van der Waals surface area contributed by atoms with Gasteiger partial charge in [-0.1, -0.05) is 44.2 Å². The summed E-state index contributed by atoms with van der Waals surface area (Å²) in [4.78, 5) is 17.0. The third-order valence-corrected chi connectivity index (χ3v) is 7.14. The highest BCUT2D eigenvalue weighted by molar-refractivity contribution is 7.12. The van der Waals surface area contributed by atoms with Crippen LogP contribution in [0.25, 0.3) is 11.3 Å². The van der Waals surface area contributed by atoms with Crippen LogP contribution in [0.3, 0.4) is 0 Å². The van der Waals surface area contributed by atoms with Crippen LogP contribution in [0.5, 0.6) is 0 Å². The largest absolute Gasteiger partial charge is 0.350 e. The summed E-state index contributed by atoms with van der Waals surface area (Å²) in [5, 5.41) is 5.66. The van der Waals surface area contributed by atoms with Crippen molar-refractivity contribution in [1.29, 1.82) is 0 Å². The Bertz CT molecular complexity index is 735. The summed E-state index contributed by atoms with van der Waals surface area (Å²) in [5.41, 5.74) is 2.41. The zero-order valence-corrected chi connectivity index (χ0v) is 15.1. The molecular formula is C20H24N2OS. The SMILES string of the molecule is CC1(C)C2CCC(CNC(=O)c3nc(-c4ccccc4)cs3)[C@@H]1C2. The van der Waals surface area contributed by atoms with Gasteiger partial charge in [-0.2, -0.15) is 0 Å². The minimum atomic E-state index is -0.0264. The molecule has 24 heavy (non-hydrogen) atoms. The van der Waals surface area contributed by atoms with Gasteiger partial charge in [0.15, 0.2) is 5.01 Å². The van der Waals surface area contributed by atoms with Gasteiger partial charge in [0, 0.05) is 17.5 Å². The molecule has 3 aliphatic carbocycles. The molecule has 126 valence electrons. The van der Waals surface area contributed by atoms with E-state index in [4.69, 9.17) is 0 Å². The Morgan fingerprint density at radius 2 is 2.08 bits per heavy atom. The molecule has 1 heterocycles. The zero-order valence-electron chi connectivity index (χ0n) is 14.3. The molecule has 1 aromatic carbocycles. The molecule has 3 saturated carbocycles. The molecule has 5 rings (SSSR count). The molecule has 2 unspecified atom stereocenters. The Balaban J connectivity index is 1.38. The van der Waals surface area contributed by atoms with E-state index >= 15 is 0 Å². The second-order valence-electron chi connectivity index (χ2n) is 7.81. The van der Waals surface area contributed by atoms with Crippen LogP contribution in [0.15, 0.2) is 35.7 Å². The first-order valence-electron chi connectivity index (χ1n) is 8.85. The van der Waals surface area contributed by atoms with Gasteiger partial charge in [-0.05, 0) is 42.4 Å². The normalized spacial score (nSPS) is 27.3. The molecule has 1 aromatic heterocycles. The van der Waals surface area contributed by atoms with E-state index in [1.54, 1.807) is 0 Å². The van der Waals surface area contributed by atoms with Gasteiger partial charge in [0.2, 0.25) is 0 Å². The molecule has 0 saturated heterocycles. The summed E-state index contributed by atoms with van der Waals surface area (Å²) in [6, 6.07) is 10.0. The number of fused-ring (bicyclic) bond motifs is 2. The van der Waals surface area contributed by atoms with Gasteiger partial charge in [-0.3, -0.25) is 4.79 Å². The van der Waals surface area contributed by atoms with Crippen molar-refractivity contribution in [2.75, 3.05) is 6.54 Å². The summed E-state index contributed by atoms with van der Waals surface area (Å²) in [6.07, 6.45) is 3.93. The van der Waals surface area contributed by atoms with E-state index in [0.717, 1.165) is 29.6 Å². The maximum absolute atomic E-state index is 12.4. The number of rotatable bonds is 4. The smallest absolute Gasteiger partial charge is 0.280 e. The number of hydrogen-bond donors (Lipinski definition) is 1. The predicted molar refractivity (Wildman–Crippen MR) is 98.0 cm³/mol. The maximum atomic E-state index is 12.4. The summed E-state index contributed by atoms with van der Waals surface area (Å²) >= 11 is 1.43. The first kappa shape index (κ1) is 15.8. The van der Waals surface area contributed by atoms with E-state index in [1.807, 2.05) is 35.7 Å². The molecule has 3 nitrogen and oxygen atoms in total. The maximum Gasteiger partial charge on any atom is 0.280 e. The van der Waals surface area contributed by atoms with Gasteiger partial charge < -0.3 is 5.32 Å².